The van der Waals surface area contributed by atoms with Crippen molar-refractivity contribution in [3.05, 3.63) is 0 Å². The van der Waals surface area contributed by atoms with E-state index in [1.54, 1.807) is 0 Å². The molecule has 0 N–H and O–H groups in total. The maximum absolute atomic E-state index is 8.50. The second-order valence-corrected chi connectivity index (χ2v) is 1.30. The zero-order valence-electron chi connectivity index (χ0n) is 5.75. The van der Waals surface area contributed by atoms with Crippen molar-refractivity contribution in [3.63, 3.8) is 0 Å². The molecule has 0 saturated carbocycles. The van der Waals surface area contributed by atoms with Crippen LogP contribution in [-0.2, 0) is 11.3 Å². The quantitative estimate of drug-likeness (QED) is 0.315. The average Bonchev–Trinajstić information content (AvgIpc) is 1.70. The Bertz CT molecular complexity index is 59.9. The molecule has 0 spiro atoms. The molecule has 0 bridgehead atoms. The summed E-state index contributed by atoms with van der Waals surface area (Å²) in [5, 5.41) is 0. The van der Waals surface area contributed by atoms with Gasteiger partial charge >= 0.3 is 96.7 Å². The molecule has 0 unspecified atom stereocenters. The molecule has 6 nitrogen and oxygen atoms in total. The molecular weight excluding hydrogens is 486 g/mol. The Labute approximate surface area is 110 Å². The van der Waals surface area contributed by atoms with Crippen LogP contribution in [0, 0.1) is 0 Å². The van der Waals surface area contributed by atoms with E-state index >= 15 is 0 Å². The van der Waals surface area contributed by atoms with E-state index in [-0.39, 0.29) is 40.0 Å². The molecule has 0 fully saturated rings. The van der Waals surface area contributed by atoms with Crippen LogP contribution < -0.4 is 12.4 Å². The fourth-order valence-electron chi connectivity index (χ4n) is 0. The molecule has 0 aromatic heterocycles. The first kappa shape index (κ1) is 48.0. The molecule has 75 valence electrons. The van der Waals surface area contributed by atoms with E-state index < -0.39 is 47.1 Å². The van der Waals surface area contributed by atoms with Crippen LogP contribution in [0.4, 0.5) is 14.1 Å². The van der Waals surface area contributed by atoms with Gasteiger partial charge in [0.15, 0.2) is 0 Å². The zero-order valence-corrected chi connectivity index (χ0v) is 15.3. The molecule has 3 radical (unpaired) electrons. The average molecular weight is 489 g/mol. The molecule has 13 heteroatoms. The van der Waals surface area contributed by atoms with E-state index in [4.69, 9.17) is 23.7 Å². The van der Waals surface area contributed by atoms with E-state index in [1.807, 2.05) is 0 Å². The molecule has 0 aliphatic rings. The van der Waals surface area contributed by atoms with E-state index in [0.717, 1.165) is 0 Å². The van der Waals surface area contributed by atoms with Gasteiger partial charge in [0.1, 0.15) is 0 Å². The number of halogens is 3. The normalized spacial score (nSPS) is 2.77. The summed E-state index contributed by atoms with van der Waals surface area (Å²) >= 11 is -6.00. The second kappa shape index (κ2) is 114. The molecule has 0 saturated heterocycles. The third-order valence-corrected chi connectivity index (χ3v) is 0. The molecule has 13 heavy (non-hydrogen) atoms. The first-order valence-electron chi connectivity index (χ1n) is 1.22. The summed E-state index contributed by atoms with van der Waals surface area (Å²) < 4.78 is 51.0. The van der Waals surface area contributed by atoms with Gasteiger partial charge in [-0.3, -0.25) is 14.1 Å². The minimum atomic E-state index is -2.00. The van der Waals surface area contributed by atoms with Crippen molar-refractivity contribution in [1.29, 1.82) is 0 Å². The summed E-state index contributed by atoms with van der Waals surface area (Å²) in [4.78, 5) is 0. The third-order valence-electron chi connectivity index (χ3n) is 0. The van der Waals surface area contributed by atoms with Gasteiger partial charge in [0.25, 0.3) is 0 Å². The van der Waals surface area contributed by atoms with Gasteiger partial charge in [-0.1, -0.05) is 0 Å². The fourth-order valence-corrected chi connectivity index (χ4v) is 0. The maximum atomic E-state index is 8.50. The van der Waals surface area contributed by atoms with E-state index in [2.05, 4.69) is 0 Å². The van der Waals surface area contributed by atoms with Crippen molar-refractivity contribution in [2.75, 3.05) is 0 Å². The first-order valence-corrected chi connectivity index (χ1v) is 6.36. The predicted octanol–water partition coefficient (Wildman–Crippen LogP) is -4.99. The topological polar surface area (TPSA) is 120 Å². The second-order valence-electron chi connectivity index (χ2n) is 0.250. The van der Waals surface area contributed by atoms with E-state index in [9.17, 15) is 0 Å². The Hall–Kier alpha value is 1.09. The summed E-state index contributed by atoms with van der Waals surface area (Å²) in [7, 11) is 0. The van der Waals surface area contributed by atoms with E-state index in [0.29, 0.717) is 0 Å². The SMILES string of the molecule is F.F.F.[In+3].[O]=[Ge][O-].[O]=[Ge][O-].[O]=[Ge][O-]. The number of hydrogen-bond donors (Lipinski definition) is 0. The summed E-state index contributed by atoms with van der Waals surface area (Å²) in [6.45, 7) is 0. The molecule has 0 atom stereocenters. The van der Waals surface area contributed by atoms with Gasteiger partial charge < -0.3 is 0 Å². The van der Waals surface area contributed by atoms with Crippen molar-refractivity contribution in [2.45, 2.75) is 0 Å². The summed E-state index contributed by atoms with van der Waals surface area (Å²) in [6, 6.07) is 0. The summed E-state index contributed by atoms with van der Waals surface area (Å²) in [5.41, 5.74) is 0. The molecular formula is H3F3Ge3InO6. The van der Waals surface area contributed by atoms with Gasteiger partial charge in [0, 0.05) is 0 Å². The predicted molar refractivity (Wildman–Crippen MR) is 32.6 cm³/mol. The number of hydrogen-bond acceptors (Lipinski definition) is 6. The van der Waals surface area contributed by atoms with Gasteiger partial charge in [-0.05, 0) is 0 Å². The zero-order chi connectivity index (χ0) is 8.12. The van der Waals surface area contributed by atoms with Crippen LogP contribution in [0.1, 0.15) is 0 Å². The Morgan fingerprint density at radius 3 is 0.615 bits per heavy atom. The van der Waals surface area contributed by atoms with Crippen molar-refractivity contribution in [2.24, 2.45) is 0 Å². The van der Waals surface area contributed by atoms with Crippen molar-refractivity contribution in [3.8, 4) is 0 Å². The number of rotatable bonds is 0. The van der Waals surface area contributed by atoms with Crippen molar-refractivity contribution >= 4 is 73.0 Å². The standard InChI is InChI=1S/3FH.3GeO2.In/c;;;3*2-1-3;/h3*1H;;;;/q;;;3*-1;+3. The summed E-state index contributed by atoms with van der Waals surface area (Å²) in [5.74, 6) is 0. The molecule has 0 aromatic rings. The molecule has 0 aromatic carbocycles. The van der Waals surface area contributed by atoms with Gasteiger partial charge in [-0.2, -0.15) is 0 Å². The van der Waals surface area contributed by atoms with Crippen LogP contribution in [0.15, 0.2) is 0 Å². The molecule has 0 aliphatic carbocycles. The van der Waals surface area contributed by atoms with Crippen molar-refractivity contribution in [1.82, 2.24) is 0 Å². The Morgan fingerprint density at radius 2 is 0.615 bits per heavy atom. The Balaban J connectivity index is -0.00000000720. The van der Waals surface area contributed by atoms with Crippen LogP contribution >= 0.6 is 0 Å². The van der Waals surface area contributed by atoms with Gasteiger partial charge in [-0.25, -0.2) is 0 Å². The van der Waals surface area contributed by atoms with E-state index in [1.165, 1.54) is 0 Å². The Kier molecular flexibility index (Phi) is 423. The van der Waals surface area contributed by atoms with Crippen LogP contribution in [0.3, 0.4) is 0 Å². The van der Waals surface area contributed by atoms with Crippen LogP contribution in [-0.4, -0.2) is 73.0 Å². The van der Waals surface area contributed by atoms with Crippen LogP contribution in [0.2, 0.25) is 0 Å². The summed E-state index contributed by atoms with van der Waals surface area (Å²) in [6.07, 6.45) is 0. The molecule has 0 aliphatic heterocycles. The van der Waals surface area contributed by atoms with Gasteiger partial charge in [-0.15, -0.1) is 0 Å². The third kappa shape index (κ3) is 1360. The molecule has 0 rings (SSSR count). The van der Waals surface area contributed by atoms with Gasteiger partial charge in [0.2, 0.25) is 0 Å². The van der Waals surface area contributed by atoms with Crippen molar-refractivity contribution < 1.29 is 37.8 Å². The molecule has 0 amide bonds. The fraction of sp³-hybridized carbons (Fsp3) is 0. The monoisotopic (exact) mass is 493 g/mol. The van der Waals surface area contributed by atoms with Crippen LogP contribution in [0.25, 0.3) is 0 Å². The molecule has 0 heterocycles. The minimum absolute atomic E-state index is 0. The Morgan fingerprint density at radius 1 is 0.615 bits per heavy atom. The van der Waals surface area contributed by atoms with Gasteiger partial charge in [0.05, 0.1) is 0 Å². The first-order chi connectivity index (χ1) is 4.24. The van der Waals surface area contributed by atoms with Crippen LogP contribution in [0.5, 0.6) is 0 Å².